The minimum atomic E-state index is -0.452. The summed E-state index contributed by atoms with van der Waals surface area (Å²) in [7, 11) is 0. The molecule has 0 amide bonds. The summed E-state index contributed by atoms with van der Waals surface area (Å²) in [6.45, 7) is 5.66. The molecule has 3 heteroatoms. The molecule has 0 radical (unpaired) electrons. The standard InChI is InChI=1S/C11H18O3/c1-3-5-6-7-10(12)9-11(13)14-8-4-2/h4H,2-3,5-9H2,1H3. The Kier molecular flexibility index (Phi) is 7.80. The number of Topliss-reactive ketones (excluding diaryl/α,β-unsaturated/α-hetero) is 1. The molecule has 0 aliphatic heterocycles. The van der Waals surface area contributed by atoms with E-state index in [1.807, 2.05) is 0 Å². The highest BCUT2D eigenvalue weighted by Gasteiger charge is 2.09. The summed E-state index contributed by atoms with van der Waals surface area (Å²) in [6, 6.07) is 0. The molecule has 0 bridgehead atoms. The van der Waals surface area contributed by atoms with E-state index >= 15 is 0 Å². The second-order valence-corrected chi connectivity index (χ2v) is 3.14. The zero-order valence-corrected chi connectivity index (χ0v) is 8.75. The fourth-order valence-electron chi connectivity index (χ4n) is 1.02. The Hall–Kier alpha value is -1.12. The van der Waals surface area contributed by atoms with Gasteiger partial charge in [0.15, 0.2) is 0 Å². The van der Waals surface area contributed by atoms with E-state index in [1.54, 1.807) is 0 Å². The first-order valence-corrected chi connectivity index (χ1v) is 4.99. The molecule has 0 atom stereocenters. The van der Waals surface area contributed by atoms with Gasteiger partial charge in [0.25, 0.3) is 0 Å². The molecule has 0 unspecified atom stereocenters. The zero-order chi connectivity index (χ0) is 10.8. The summed E-state index contributed by atoms with van der Waals surface area (Å²) < 4.78 is 4.69. The molecule has 0 fully saturated rings. The van der Waals surface area contributed by atoms with Gasteiger partial charge in [-0.2, -0.15) is 0 Å². The highest BCUT2D eigenvalue weighted by molar-refractivity contribution is 5.95. The summed E-state index contributed by atoms with van der Waals surface area (Å²) >= 11 is 0. The molecule has 3 nitrogen and oxygen atoms in total. The van der Waals surface area contributed by atoms with Crippen LogP contribution in [0.3, 0.4) is 0 Å². The third-order valence-corrected chi connectivity index (χ3v) is 1.76. The van der Waals surface area contributed by atoms with Crippen LogP contribution in [0.1, 0.15) is 39.0 Å². The van der Waals surface area contributed by atoms with E-state index in [9.17, 15) is 9.59 Å². The monoisotopic (exact) mass is 198 g/mol. The van der Waals surface area contributed by atoms with Crippen LogP contribution < -0.4 is 0 Å². The fraction of sp³-hybridized carbons (Fsp3) is 0.636. The maximum atomic E-state index is 11.2. The van der Waals surface area contributed by atoms with Crippen LogP contribution in [-0.2, 0) is 14.3 Å². The van der Waals surface area contributed by atoms with Crippen LogP contribution in [0.2, 0.25) is 0 Å². The molecular weight excluding hydrogens is 180 g/mol. The summed E-state index contributed by atoms with van der Waals surface area (Å²) in [4.78, 5) is 22.1. The molecule has 0 saturated carbocycles. The molecule has 80 valence electrons. The Labute approximate surface area is 85.1 Å². The minimum Gasteiger partial charge on any atom is -0.461 e. The lowest BCUT2D eigenvalue weighted by Gasteiger charge is -2.00. The van der Waals surface area contributed by atoms with Gasteiger partial charge in [0.1, 0.15) is 18.8 Å². The number of ketones is 1. The Balaban J connectivity index is 3.50. The summed E-state index contributed by atoms with van der Waals surface area (Å²) in [5.41, 5.74) is 0. The molecular formula is C11H18O3. The molecule has 0 aromatic heterocycles. The number of unbranched alkanes of at least 4 members (excludes halogenated alkanes) is 2. The van der Waals surface area contributed by atoms with E-state index in [0.29, 0.717) is 6.42 Å². The third-order valence-electron chi connectivity index (χ3n) is 1.76. The molecule has 0 saturated heterocycles. The second kappa shape index (κ2) is 8.48. The number of hydrogen-bond acceptors (Lipinski definition) is 3. The maximum Gasteiger partial charge on any atom is 0.313 e. The summed E-state index contributed by atoms with van der Waals surface area (Å²) in [5, 5.41) is 0. The average molecular weight is 198 g/mol. The highest BCUT2D eigenvalue weighted by atomic mass is 16.5. The molecule has 0 N–H and O–H groups in total. The number of hydrogen-bond donors (Lipinski definition) is 0. The molecule has 0 aliphatic rings. The van der Waals surface area contributed by atoms with Crippen LogP contribution in [-0.4, -0.2) is 18.4 Å². The number of rotatable bonds is 8. The first-order valence-electron chi connectivity index (χ1n) is 4.99. The zero-order valence-electron chi connectivity index (χ0n) is 8.75. The van der Waals surface area contributed by atoms with E-state index in [2.05, 4.69) is 13.5 Å². The largest absolute Gasteiger partial charge is 0.461 e. The van der Waals surface area contributed by atoms with Crippen LogP contribution in [0.4, 0.5) is 0 Å². The van der Waals surface area contributed by atoms with Gasteiger partial charge in [0, 0.05) is 6.42 Å². The quantitative estimate of drug-likeness (QED) is 0.260. The van der Waals surface area contributed by atoms with Gasteiger partial charge in [-0.05, 0) is 6.42 Å². The highest BCUT2D eigenvalue weighted by Crippen LogP contribution is 2.02. The van der Waals surface area contributed by atoms with Gasteiger partial charge in [-0.25, -0.2) is 0 Å². The van der Waals surface area contributed by atoms with Crippen molar-refractivity contribution in [2.75, 3.05) is 6.61 Å². The molecule has 0 spiro atoms. The second-order valence-electron chi connectivity index (χ2n) is 3.14. The van der Waals surface area contributed by atoms with Crippen molar-refractivity contribution < 1.29 is 14.3 Å². The van der Waals surface area contributed by atoms with E-state index in [-0.39, 0.29) is 18.8 Å². The number of carbonyl (C=O) groups excluding carboxylic acids is 2. The molecule has 0 aromatic rings. The van der Waals surface area contributed by atoms with E-state index in [1.165, 1.54) is 6.08 Å². The normalized spacial score (nSPS) is 9.50. The van der Waals surface area contributed by atoms with Crippen LogP contribution in [0.5, 0.6) is 0 Å². The van der Waals surface area contributed by atoms with E-state index in [4.69, 9.17) is 4.74 Å². The summed E-state index contributed by atoms with van der Waals surface area (Å²) in [5.74, 6) is -0.487. The van der Waals surface area contributed by atoms with Crippen LogP contribution >= 0.6 is 0 Å². The van der Waals surface area contributed by atoms with E-state index < -0.39 is 5.97 Å². The number of ether oxygens (including phenoxy) is 1. The van der Waals surface area contributed by atoms with Crippen molar-refractivity contribution in [3.63, 3.8) is 0 Å². The Bertz CT molecular complexity index is 197. The molecule has 0 aliphatic carbocycles. The lowest BCUT2D eigenvalue weighted by molar-refractivity contribution is -0.144. The topological polar surface area (TPSA) is 43.4 Å². The Morgan fingerprint density at radius 3 is 2.64 bits per heavy atom. The van der Waals surface area contributed by atoms with Gasteiger partial charge in [-0.15, -0.1) is 0 Å². The van der Waals surface area contributed by atoms with Crippen molar-refractivity contribution in [2.24, 2.45) is 0 Å². The van der Waals surface area contributed by atoms with Crippen LogP contribution in [0.25, 0.3) is 0 Å². The predicted octanol–water partition coefficient (Wildman–Crippen LogP) is 2.26. The van der Waals surface area contributed by atoms with Gasteiger partial charge in [-0.1, -0.05) is 32.4 Å². The van der Waals surface area contributed by atoms with Crippen molar-refractivity contribution in [3.8, 4) is 0 Å². The lowest BCUT2D eigenvalue weighted by Crippen LogP contribution is -2.11. The Morgan fingerprint density at radius 2 is 2.07 bits per heavy atom. The fourth-order valence-corrected chi connectivity index (χ4v) is 1.02. The van der Waals surface area contributed by atoms with E-state index in [0.717, 1.165) is 19.3 Å². The molecule has 0 rings (SSSR count). The van der Waals surface area contributed by atoms with Gasteiger partial charge in [0.2, 0.25) is 0 Å². The van der Waals surface area contributed by atoms with Crippen LogP contribution in [0.15, 0.2) is 12.7 Å². The van der Waals surface area contributed by atoms with Gasteiger partial charge in [0.05, 0.1) is 0 Å². The smallest absolute Gasteiger partial charge is 0.313 e. The molecule has 0 heterocycles. The minimum absolute atomic E-state index is 0.0347. The first kappa shape index (κ1) is 12.9. The third kappa shape index (κ3) is 7.53. The van der Waals surface area contributed by atoms with Crippen molar-refractivity contribution in [3.05, 3.63) is 12.7 Å². The van der Waals surface area contributed by atoms with Crippen molar-refractivity contribution >= 4 is 11.8 Å². The van der Waals surface area contributed by atoms with Gasteiger partial charge >= 0.3 is 5.97 Å². The molecule has 0 aromatic carbocycles. The average Bonchev–Trinajstić information content (AvgIpc) is 2.15. The Morgan fingerprint density at radius 1 is 1.36 bits per heavy atom. The van der Waals surface area contributed by atoms with Crippen molar-refractivity contribution in [2.45, 2.75) is 39.0 Å². The maximum absolute atomic E-state index is 11.2. The SMILES string of the molecule is C=CCOC(=O)CC(=O)CCCCC. The van der Waals surface area contributed by atoms with Gasteiger partial charge < -0.3 is 4.74 Å². The first-order chi connectivity index (χ1) is 6.70. The van der Waals surface area contributed by atoms with Gasteiger partial charge in [-0.3, -0.25) is 9.59 Å². The molecule has 14 heavy (non-hydrogen) atoms. The lowest BCUT2D eigenvalue weighted by atomic mass is 10.1. The number of esters is 1. The van der Waals surface area contributed by atoms with Crippen molar-refractivity contribution in [1.29, 1.82) is 0 Å². The number of carbonyl (C=O) groups is 2. The summed E-state index contributed by atoms with van der Waals surface area (Å²) in [6.07, 6.45) is 4.85. The predicted molar refractivity (Wildman–Crippen MR) is 54.9 cm³/mol. The van der Waals surface area contributed by atoms with Crippen molar-refractivity contribution in [1.82, 2.24) is 0 Å². The van der Waals surface area contributed by atoms with Crippen LogP contribution in [0, 0.1) is 0 Å².